The third-order valence-corrected chi connectivity index (χ3v) is 4.33. The quantitative estimate of drug-likeness (QED) is 0.756. The number of hydrogen-bond donors (Lipinski definition) is 0. The van der Waals surface area contributed by atoms with Gasteiger partial charge in [-0.15, -0.1) is 23.2 Å². The van der Waals surface area contributed by atoms with Gasteiger partial charge >= 0.3 is 0 Å². The van der Waals surface area contributed by atoms with Gasteiger partial charge in [-0.1, -0.05) is 6.07 Å². The molecule has 1 aromatic carbocycles. The van der Waals surface area contributed by atoms with E-state index < -0.39 is 15.8 Å². The Kier molecular flexibility index (Phi) is 5.66. The summed E-state index contributed by atoms with van der Waals surface area (Å²) >= 11 is 11.1. The molecule has 0 spiro atoms. The van der Waals surface area contributed by atoms with Crippen LogP contribution in [0.5, 0.6) is 0 Å². The lowest BCUT2D eigenvalue weighted by Crippen LogP contribution is -2.34. The molecule has 17 heavy (non-hydrogen) atoms. The van der Waals surface area contributed by atoms with Crippen molar-refractivity contribution in [2.24, 2.45) is 0 Å². The molecular weight excluding hydrogens is 288 g/mol. The third kappa shape index (κ3) is 3.81. The van der Waals surface area contributed by atoms with E-state index in [1.54, 1.807) is 0 Å². The number of halogens is 3. The Morgan fingerprint density at radius 3 is 2.24 bits per heavy atom. The Balaban J connectivity index is 3.07. The molecule has 0 aliphatic carbocycles. The van der Waals surface area contributed by atoms with Crippen molar-refractivity contribution < 1.29 is 12.8 Å². The molecule has 1 aromatic rings. The van der Waals surface area contributed by atoms with Crippen LogP contribution in [0.4, 0.5) is 4.39 Å². The zero-order valence-corrected chi connectivity index (χ0v) is 11.3. The molecule has 0 fully saturated rings. The van der Waals surface area contributed by atoms with Gasteiger partial charge in [0.2, 0.25) is 10.0 Å². The van der Waals surface area contributed by atoms with Crippen LogP contribution >= 0.6 is 23.2 Å². The van der Waals surface area contributed by atoms with E-state index in [0.717, 1.165) is 10.4 Å². The van der Waals surface area contributed by atoms with Crippen LogP contribution in [0.1, 0.15) is 0 Å². The summed E-state index contributed by atoms with van der Waals surface area (Å²) in [5.41, 5.74) is 0. The highest BCUT2D eigenvalue weighted by molar-refractivity contribution is 7.89. The summed E-state index contributed by atoms with van der Waals surface area (Å²) in [6, 6.07) is 4.85. The fourth-order valence-corrected chi connectivity index (χ4v) is 3.40. The van der Waals surface area contributed by atoms with Crippen molar-refractivity contribution in [1.29, 1.82) is 0 Å². The topological polar surface area (TPSA) is 37.4 Å². The molecule has 0 amide bonds. The van der Waals surface area contributed by atoms with E-state index >= 15 is 0 Å². The van der Waals surface area contributed by atoms with Crippen molar-refractivity contribution >= 4 is 33.2 Å². The smallest absolute Gasteiger partial charge is 0.207 e. The minimum atomic E-state index is -3.72. The summed E-state index contributed by atoms with van der Waals surface area (Å²) in [6.07, 6.45) is 0. The molecule has 0 aliphatic rings. The Morgan fingerprint density at radius 1 is 1.18 bits per heavy atom. The standard InChI is InChI=1S/C10H12Cl2FNO2S/c11-4-6-14(7-5-12)17(15,16)10-3-1-2-9(13)8-10/h1-3,8H,4-7H2. The summed E-state index contributed by atoms with van der Waals surface area (Å²) in [5, 5.41) is 0. The monoisotopic (exact) mass is 299 g/mol. The fourth-order valence-electron chi connectivity index (χ4n) is 1.32. The second kappa shape index (κ2) is 6.54. The average molecular weight is 300 g/mol. The first kappa shape index (κ1) is 14.7. The van der Waals surface area contributed by atoms with Crippen LogP contribution in [-0.2, 0) is 10.0 Å². The summed E-state index contributed by atoms with van der Waals surface area (Å²) in [4.78, 5) is -0.0901. The molecule has 0 unspecified atom stereocenters. The first-order chi connectivity index (χ1) is 8.02. The van der Waals surface area contributed by atoms with Crippen molar-refractivity contribution in [3.05, 3.63) is 30.1 Å². The van der Waals surface area contributed by atoms with Crippen molar-refractivity contribution in [1.82, 2.24) is 4.31 Å². The molecule has 1 rings (SSSR count). The number of nitrogens with zero attached hydrogens (tertiary/aromatic N) is 1. The zero-order chi connectivity index (χ0) is 12.9. The van der Waals surface area contributed by atoms with E-state index in [1.807, 2.05) is 0 Å². The second-order valence-corrected chi connectivity index (χ2v) is 5.93. The average Bonchev–Trinajstić information content (AvgIpc) is 2.29. The molecule has 3 nitrogen and oxygen atoms in total. The van der Waals surface area contributed by atoms with E-state index in [-0.39, 0.29) is 29.7 Å². The highest BCUT2D eigenvalue weighted by Gasteiger charge is 2.23. The fraction of sp³-hybridized carbons (Fsp3) is 0.400. The minimum Gasteiger partial charge on any atom is -0.207 e. The van der Waals surface area contributed by atoms with Crippen LogP contribution in [-0.4, -0.2) is 37.6 Å². The van der Waals surface area contributed by atoms with Gasteiger partial charge in [-0.25, -0.2) is 12.8 Å². The van der Waals surface area contributed by atoms with Gasteiger partial charge in [-0.2, -0.15) is 4.31 Å². The Morgan fingerprint density at radius 2 is 1.76 bits per heavy atom. The van der Waals surface area contributed by atoms with Crippen molar-refractivity contribution in [3.63, 3.8) is 0 Å². The SMILES string of the molecule is O=S(=O)(c1cccc(F)c1)N(CCCl)CCCl. The summed E-state index contributed by atoms with van der Waals surface area (Å²) in [5.74, 6) is -0.278. The largest absolute Gasteiger partial charge is 0.243 e. The Bertz CT molecular complexity index is 461. The van der Waals surface area contributed by atoms with Crippen LogP contribution in [0.3, 0.4) is 0 Å². The van der Waals surface area contributed by atoms with Crippen LogP contribution in [0, 0.1) is 5.82 Å². The van der Waals surface area contributed by atoms with Crippen molar-refractivity contribution in [2.45, 2.75) is 4.90 Å². The zero-order valence-electron chi connectivity index (χ0n) is 8.94. The first-order valence-corrected chi connectivity index (χ1v) is 7.41. The van der Waals surface area contributed by atoms with Crippen LogP contribution in [0.2, 0.25) is 0 Å². The number of rotatable bonds is 6. The summed E-state index contributed by atoms with van der Waals surface area (Å²) in [6.45, 7) is 0.292. The second-order valence-electron chi connectivity index (χ2n) is 3.24. The van der Waals surface area contributed by atoms with Gasteiger partial charge in [-0.05, 0) is 18.2 Å². The van der Waals surface area contributed by atoms with E-state index in [0.29, 0.717) is 0 Å². The number of alkyl halides is 2. The van der Waals surface area contributed by atoms with Crippen LogP contribution in [0.15, 0.2) is 29.2 Å². The molecule has 96 valence electrons. The van der Waals surface area contributed by atoms with Gasteiger partial charge in [0, 0.05) is 24.8 Å². The number of hydrogen-bond acceptors (Lipinski definition) is 2. The molecule has 0 heterocycles. The minimum absolute atomic E-state index is 0.0901. The molecule has 0 saturated carbocycles. The highest BCUT2D eigenvalue weighted by Crippen LogP contribution is 2.16. The van der Waals surface area contributed by atoms with E-state index in [4.69, 9.17) is 23.2 Å². The lowest BCUT2D eigenvalue weighted by molar-refractivity contribution is 0.448. The van der Waals surface area contributed by atoms with E-state index in [9.17, 15) is 12.8 Å². The predicted octanol–water partition coefficient (Wildman–Crippen LogP) is 2.29. The number of benzene rings is 1. The van der Waals surface area contributed by atoms with Crippen molar-refractivity contribution in [3.8, 4) is 0 Å². The van der Waals surface area contributed by atoms with Crippen molar-refractivity contribution in [2.75, 3.05) is 24.8 Å². The van der Waals surface area contributed by atoms with Gasteiger partial charge < -0.3 is 0 Å². The molecule has 0 radical (unpaired) electrons. The lowest BCUT2D eigenvalue weighted by Gasteiger charge is -2.20. The van der Waals surface area contributed by atoms with Crippen LogP contribution < -0.4 is 0 Å². The summed E-state index contributed by atoms with van der Waals surface area (Å²) < 4.78 is 38.4. The molecule has 7 heteroatoms. The summed E-state index contributed by atoms with van der Waals surface area (Å²) in [7, 11) is -3.72. The molecular formula is C10H12Cl2FNO2S. The molecule has 0 N–H and O–H groups in total. The number of sulfonamides is 1. The molecule has 0 aromatic heterocycles. The van der Waals surface area contributed by atoms with Gasteiger partial charge in [-0.3, -0.25) is 0 Å². The molecule has 0 aliphatic heterocycles. The molecule has 0 atom stereocenters. The van der Waals surface area contributed by atoms with Gasteiger partial charge in [0.1, 0.15) is 5.82 Å². The highest BCUT2D eigenvalue weighted by atomic mass is 35.5. The maximum absolute atomic E-state index is 13.0. The maximum Gasteiger partial charge on any atom is 0.243 e. The lowest BCUT2D eigenvalue weighted by atomic mass is 10.4. The predicted molar refractivity (Wildman–Crippen MR) is 66.6 cm³/mol. The third-order valence-electron chi connectivity index (χ3n) is 2.10. The Labute approximate surface area is 110 Å². The first-order valence-electron chi connectivity index (χ1n) is 4.90. The molecule has 0 bridgehead atoms. The van der Waals surface area contributed by atoms with Gasteiger partial charge in [0.15, 0.2) is 0 Å². The maximum atomic E-state index is 13.0. The van der Waals surface area contributed by atoms with Crippen LogP contribution in [0.25, 0.3) is 0 Å². The van der Waals surface area contributed by atoms with E-state index in [2.05, 4.69) is 0 Å². The molecule has 0 saturated heterocycles. The van der Waals surface area contributed by atoms with Gasteiger partial charge in [0.05, 0.1) is 4.90 Å². The van der Waals surface area contributed by atoms with Gasteiger partial charge in [0.25, 0.3) is 0 Å². The van der Waals surface area contributed by atoms with E-state index in [1.165, 1.54) is 18.2 Å². The normalized spacial score (nSPS) is 12.0. The Hall–Kier alpha value is -0.360.